The van der Waals surface area contributed by atoms with Crippen LogP contribution in [0.3, 0.4) is 0 Å². The Morgan fingerprint density at radius 2 is 2.09 bits per heavy atom. The number of nitrogens with one attached hydrogen (secondary N) is 1. The van der Waals surface area contributed by atoms with Crippen molar-refractivity contribution >= 4 is 22.7 Å². The van der Waals surface area contributed by atoms with E-state index < -0.39 is 0 Å². The molecule has 0 amide bonds. The Labute approximate surface area is 132 Å². The third kappa shape index (κ3) is 2.32. The standard InChI is InChI=1S/C18H16FNOS/c1-11-8-12(22-17-5-3-2-4-15(17)19)9-13-14-10-20-7-6-16(14)21-18(11)13/h2-5,8-9,20H,6-7,10H2,1H3. The zero-order valence-electron chi connectivity index (χ0n) is 12.3. The van der Waals surface area contributed by atoms with Gasteiger partial charge in [-0.1, -0.05) is 23.9 Å². The van der Waals surface area contributed by atoms with Crippen molar-refractivity contribution in [2.75, 3.05) is 6.54 Å². The maximum absolute atomic E-state index is 13.9. The van der Waals surface area contributed by atoms with Crippen molar-refractivity contribution in [3.8, 4) is 0 Å². The number of benzene rings is 2. The number of furan rings is 1. The molecule has 112 valence electrons. The summed E-state index contributed by atoms with van der Waals surface area (Å²) in [6.45, 7) is 3.86. The topological polar surface area (TPSA) is 25.2 Å². The van der Waals surface area contributed by atoms with Crippen molar-refractivity contribution in [3.05, 3.63) is 59.1 Å². The van der Waals surface area contributed by atoms with Gasteiger partial charge in [0.2, 0.25) is 0 Å². The van der Waals surface area contributed by atoms with Gasteiger partial charge in [0, 0.05) is 40.3 Å². The molecule has 0 saturated heterocycles. The van der Waals surface area contributed by atoms with Gasteiger partial charge in [-0.25, -0.2) is 4.39 Å². The normalized spacial score (nSPS) is 14.3. The van der Waals surface area contributed by atoms with E-state index in [1.165, 1.54) is 23.4 Å². The van der Waals surface area contributed by atoms with E-state index in [-0.39, 0.29) is 5.82 Å². The molecule has 2 heterocycles. The quantitative estimate of drug-likeness (QED) is 0.744. The Bertz CT molecular complexity index is 856. The van der Waals surface area contributed by atoms with Crippen molar-refractivity contribution in [3.63, 3.8) is 0 Å². The minimum absolute atomic E-state index is 0.180. The minimum Gasteiger partial charge on any atom is -0.460 e. The van der Waals surface area contributed by atoms with Crippen molar-refractivity contribution in [1.82, 2.24) is 5.32 Å². The minimum atomic E-state index is -0.180. The third-order valence-electron chi connectivity index (χ3n) is 4.03. The molecule has 22 heavy (non-hydrogen) atoms. The fraction of sp³-hybridized carbons (Fsp3) is 0.222. The number of halogens is 1. The monoisotopic (exact) mass is 313 g/mol. The zero-order valence-corrected chi connectivity index (χ0v) is 13.1. The first-order valence-corrected chi connectivity index (χ1v) is 8.22. The second-order valence-electron chi connectivity index (χ2n) is 5.58. The number of aryl methyl sites for hydroxylation is 1. The summed E-state index contributed by atoms with van der Waals surface area (Å²) >= 11 is 1.46. The lowest BCUT2D eigenvalue weighted by Gasteiger charge is -2.11. The summed E-state index contributed by atoms with van der Waals surface area (Å²) in [4.78, 5) is 1.70. The summed E-state index contributed by atoms with van der Waals surface area (Å²) in [7, 11) is 0. The second-order valence-corrected chi connectivity index (χ2v) is 6.70. The molecule has 0 radical (unpaired) electrons. The predicted octanol–water partition coefficient (Wildman–Crippen LogP) is 4.68. The Hall–Kier alpha value is -1.78. The first kappa shape index (κ1) is 13.9. The van der Waals surface area contributed by atoms with E-state index in [2.05, 4.69) is 24.4 Å². The lowest BCUT2D eigenvalue weighted by Crippen LogP contribution is -2.22. The first-order chi connectivity index (χ1) is 10.7. The van der Waals surface area contributed by atoms with E-state index >= 15 is 0 Å². The van der Waals surface area contributed by atoms with Crippen LogP contribution in [-0.2, 0) is 13.0 Å². The van der Waals surface area contributed by atoms with Crippen LogP contribution >= 0.6 is 11.8 Å². The zero-order chi connectivity index (χ0) is 15.1. The third-order valence-corrected chi connectivity index (χ3v) is 5.05. The fourth-order valence-electron chi connectivity index (χ4n) is 2.96. The lowest BCUT2D eigenvalue weighted by molar-refractivity contribution is 0.499. The van der Waals surface area contributed by atoms with E-state index in [0.29, 0.717) is 4.90 Å². The average Bonchev–Trinajstić information content (AvgIpc) is 2.89. The van der Waals surface area contributed by atoms with E-state index in [1.54, 1.807) is 6.07 Å². The predicted molar refractivity (Wildman–Crippen MR) is 86.9 cm³/mol. The lowest BCUT2D eigenvalue weighted by atomic mass is 10.0. The second kappa shape index (κ2) is 5.45. The van der Waals surface area contributed by atoms with E-state index in [1.807, 2.05) is 12.1 Å². The Morgan fingerprint density at radius 3 is 2.95 bits per heavy atom. The molecule has 1 N–H and O–H groups in total. The van der Waals surface area contributed by atoms with Crippen molar-refractivity contribution in [2.24, 2.45) is 0 Å². The molecule has 2 aromatic carbocycles. The van der Waals surface area contributed by atoms with E-state index in [4.69, 9.17) is 4.42 Å². The first-order valence-electron chi connectivity index (χ1n) is 7.40. The summed E-state index contributed by atoms with van der Waals surface area (Å²) in [6.07, 6.45) is 0.930. The molecule has 1 aromatic heterocycles. The van der Waals surface area contributed by atoms with Crippen LogP contribution in [0.5, 0.6) is 0 Å². The number of hydrogen-bond acceptors (Lipinski definition) is 3. The molecule has 0 atom stereocenters. The molecule has 0 aliphatic carbocycles. The van der Waals surface area contributed by atoms with E-state index in [0.717, 1.165) is 46.7 Å². The van der Waals surface area contributed by atoms with Crippen molar-refractivity contribution < 1.29 is 8.81 Å². The van der Waals surface area contributed by atoms with Gasteiger partial charge in [-0.2, -0.15) is 0 Å². The molecular formula is C18H16FNOS. The Morgan fingerprint density at radius 1 is 1.23 bits per heavy atom. The van der Waals surface area contributed by atoms with Gasteiger partial charge in [0.05, 0.1) is 0 Å². The molecular weight excluding hydrogens is 297 g/mol. The molecule has 2 nitrogen and oxygen atoms in total. The van der Waals surface area contributed by atoms with Gasteiger partial charge in [-0.3, -0.25) is 0 Å². The highest BCUT2D eigenvalue weighted by molar-refractivity contribution is 7.99. The average molecular weight is 313 g/mol. The van der Waals surface area contributed by atoms with Crippen LogP contribution in [0.4, 0.5) is 4.39 Å². The van der Waals surface area contributed by atoms with Gasteiger partial charge >= 0.3 is 0 Å². The van der Waals surface area contributed by atoms with Crippen LogP contribution in [0.15, 0.2) is 50.6 Å². The molecule has 3 aromatic rings. The van der Waals surface area contributed by atoms with Crippen LogP contribution in [0, 0.1) is 12.7 Å². The van der Waals surface area contributed by atoms with Crippen molar-refractivity contribution in [2.45, 2.75) is 29.7 Å². The highest BCUT2D eigenvalue weighted by Crippen LogP contribution is 2.37. The summed E-state index contributed by atoms with van der Waals surface area (Å²) < 4.78 is 19.9. The van der Waals surface area contributed by atoms with Gasteiger partial charge in [0.25, 0.3) is 0 Å². The number of rotatable bonds is 2. The van der Waals surface area contributed by atoms with Crippen LogP contribution in [0.1, 0.15) is 16.9 Å². The molecule has 0 fully saturated rings. The maximum Gasteiger partial charge on any atom is 0.137 e. The summed E-state index contributed by atoms with van der Waals surface area (Å²) in [5, 5.41) is 4.54. The molecule has 0 saturated carbocycles. The molecule has 0 unspecified atom stereocenters. The summed E-state index contributed by atoms with van der Waals surface area (Å²) in [6, 6.07) is 11.1. The van der Waals surface area contributed by atoms with Gasteiger partial charge in [-0.05, 0) is 36.8 Å². The highest BCUT2D eigenvalue weighted by atomic mass is 32.2. The fourth-order valence-corrected chi connectivity index (χ4v) is 3.94. The smallest absolute Gasteiger partial charge is 0.137 e. The molecule has 1 aliphatic heterocycles. The van der Waals surface area contributed by atoms with E-state index in [9.17, 15) is 4.39 Å². The van der Waals surface area contributed by atoms with Crippen LogP contribution in [0.2, 0.25) is 0 Å². The SMILES string of the molecule is Cc1cc(Sc2ccccc2F)cc2c3c(oc12)CCNC3. The molecule has 1 aliphatic rings. The van der Waals surface area contributed by atoms with Crippen LogP contribution < -0.4 is 5.32 Å². The summed E-state index contributed by atoms with van der Waals surface area (Å²) in [5.41, 5.74) is 3.32. The largest absolute Gasteiger partial charge is 0.460 e. The van der Waals surface area contributed by atoms with Gasteiger partial charge in [0.15, 0.2) is 0 Å². The molecule has 0 bridgehead atoms. The highest BCUT2D eigenvalue weighted by Gasteiger charge is 2.19. The van der Waals surface area contributed by atoms with Crippen LogP contribution in [-0.4, -0.2) is 6.54 Å². The molecule has 0 spiro atoms. The number of fused-ring (bicyclic) bond motifs is 3. The molecule has 4 rings (SSSR count). The maximum atomic E-state index is 13.9. The Balaban J connectivity index is 1.81. The van der Waals surface area contributed by atoms with Crippen LogP contribution in [0.25, 0.3) is 11.0 Å². The van der Waals surface area contributed by atoms with Crippen molar-refractivity contribution in [1.29, 1.82) is 0 Å². The summed E-state index contributed by atoms with van der Waals surface area (Å²) in [5.74, 6) is 0.908. The Kier molecular flexibility index (Phi) is 3.43. The van der Waals surface area contributed by atoms with Gasteiger partial charge in [-0.15, -0.1) is 0 Å². The number of hydrogen-bond donors (Lipinski definition) is 1. The van der Waals surface area contributed by atoms with Gasteiger partial charge in [0.1, 0.15) is 17.2 Å². The van der Waals surface area contributed by atoms with Gasteiger partial charge < -0.3 is 9.73 Å². The molecule has 4 heteroatoms.